The summed E-state index contributed by atoms with van der Waals surface area (Å²) in [7, 11) is 1.62. The van der Waals surface area contributed by atoms with Gasteiger partial charge in [-0.25, -0.2) is 4.79 Å². The van der Waals surface area contributed by atoms with Crippen LogP contribution in [0.1, 0.15) is 20.8 Å². The molecule has 19 heavy (non-hydrogen) atoms. The Kier molecular flexibility index (Phi) is 3.38. The van der Waals surface area contributed by atoms with E-state index in [0.29, 0.717) is 5.82 Å². The van der Waals surface area contributed by atoms with Gasteiger partial charge < -0.3 is 14.5 Å². The number of carbonyl (C=O) groups excluding carboxylic acids is 1. The van der Waals surface area contributed by atoms with E-state index in [1.807, 2.05) is 45.0 Å². The molecule has 5 nitrogen and oxygen atoms in total. The molecule has 0 fully saturated rings. The zero-order chi connectivity index (χ0) is 14.0. The minimum absolute atomic E-state index is 0.481. The molecule has 0 spiro atoms. The first-order valence-corrected chi connectivity index (χ1v) is 6.04. The molecule has 1 aromatic carbocycles. The molecule has 0 saturated heterocycles. The third kappa shape index (κ3) is 3.40. The van der Waals surface area contributed by atoms with E-state index in [-0.39, 0.29) is 0 Å². The van der Waals surface area contributed by atoms with Crippen molar-refractivity contribution in [1.82, 2.24) is 4.98 Å². The van der Waals surface area contributed by atoms with Gasteiger partial charge in [-0.3, -0.25) is 5.32 Å². The van der Waals surface area contributed by atoms with E-state index >= 15 is 0 Å². The van der Waals surface area contributed by atoms with Crippen molar-refractivity contribution in [2.24, 2.45) is 0 Å². The Morgan fingerprint density at radius 2 is 2.00 bits per heavy atom. The molecule has 0 aliphatic heterocycles. The number of hydrogen-bond donors (Lipinski definition) is 2. The maximum atomic E-state index is 11.6. The van der Waals surface area contributed by atoms with Crippen LogP contribution in [-0.2, 0) is 4.74 Å². The second kappa shape index (κ2) is 4.84. The van der Waals surface area contributed by atoms with Crippen LogP contribution in [0.5, 0.6) is 5.75 Å². The summed E-state index contributed by atoms with van der Waals surface area (Å²) in [4.78, 5) is 14.7. The molecule has 0 bridgehead atoms. The monoisotopic (exact) mass is 262 g/mol. The fourth-order valence-electron chi connectivity index (χ4n) is 1.72. The van der Waals surface area contributed by atoms with E-state index in [9.17, 15) is 4.79 Å². The van der Waals surface area contributed by atoms with E-state index in [0.717, 1.165) is 16.7 Å². The summed E-state index contributed by atoms with van der Waals surface area (Å²) in [5.74, 6) is 1.37. The molecule has 1 aromatic heterocycles. The van der Waals surface area contributed by atoms with E-state index in [1.165, 1.54) is 0 Å². The Hall–Kier alpha value is -2.17. The second-order valence-electron chi connectivity index (χ2n) is 5.26. The highest BCUT2D eigenvalue weighted by Gasteiger charge is 2.16. The Morgan fingerprint density at radius 1 is 1.26 bits per heavy atom. The number of aromatic amines is 1. The Labute approximate surface area is 111 Å². The standard InChI is InChI=1S/C14H18N2O3/c1-14(2,3)19-13(17)16-12-8-9-7-10(18-4)5-6-11(9)15-12/h5-8,15H,1-4H3,(H,16,17). The lowest BCUT2D eigenvalue weighted by atomic mass is 10.2. The van der Waals surface area contributed by atoms with Crippen LogP contribution in [0.4, 0.5) is 10.6 Å². The average molecular weight is 262 g/mol. The molecule has 0 saturated carbocycles. The van der Waals surface area contributed by atoms with Crippen molar-refractivity contribution in [2.45, 2.75) is 26.4 Å². The molecule has 0 unspecified atom stereocenters. The van der Waals surface area contributed by atoms with Crippen LogP contribution in [0.2, 0.25) is 0 Å². The van der Waals surface area contributed by atoms with Crippen molar-refractivity contribution < 1.29 is 14.3 Å². The SMILES string of the molecule is COc1ccc2[nH]c(NC(=O)OC(C)(C)C)cc2c1. The first-order chi connectivity index (χ1) is 8.87. The minimum Gasteiger partial charge on any atom is -0.497 e. The number of nitrogens with one attached hydrogen (secondary N) is 2. The minimum atomic E-state index is -0.515. The summed E-state index contributed by atoms with van der Waals surface area (Å²) < 4.78 is 10.3. The van der Waals surface area contributed by atoms with Crippen molar-refractivity contribution in [3.63, 3.8) is 0 Å². The number of rotatable bonds is 2. The highest BCUT2D eigenvalue weighted by Crippen LogP contribution is 2.23. The highest BCUT2D eigenvalue weighted by atomic mass is 16.6. The lowest BCUT2D eigenvalue weighted by molar-refractivity contribution is 0.0635. The van der Waals surface area contributed by atoms with Crippen LogP contribution in [0.3, 0.4) is 0 Å². The van der Waals surface area contributed by atoms with Crippen molar-refractivity contribution in [3.8, 4) is 5.75 Å². The molecule has 2 aromatic rings. The van der Waals surface area contributed by atoms with E-state index in [1.54, 1.807) is 7.11 Å². The maximum absolute atomic E-state index is 11.6. The summed E-state index contributed by atoms with van der Waals surface area (Å²) in [5, 5.41) is 3.63. The summed E-state index contributed by atoms with van der Waals surface area (Å²) >= 11 is 0. The van der Waals surface area contributed by atoms with Gasteiger partial charge in [0.15, 0.2) is 0 Å². The first kappa shape index (κ1) is 13.3. The van der Waals surface area contributed by atoms with Gasteiger partial charge in [-0.05, 0) is 45.0 Å². The molecular weight excluding hydrogens is 244 g/mol. The van der Waals surface area contributed by atoms with Gasteiger partial charge in [0.2, 0.25) is 0 Å². The number of ether oxygens (including phenoxy) is 2. The van der Waals surface area contributed by atoms with Gasteiger partial charge in [0.25, 0.3) is 0 Å². The quantitative estimate of drug-likeness (QED) is 0.870. The van der Waals surface area contributed by atoms with Crippen molar-refractivity contribution >= 4 is 22.8 Å². The maximum Gasteiger partial charge on any atom is 0.413 e. The van der Waals surface area contributed by atoms with Gasteiger partial charge in [0, 0.05) is 10.9 Å². The highest BCUT2D eigenvalue weighted by molar-refractivity contribution is 5.91. The zero-order valence-electron chi connectivity index (χ0n) is 11.5. The Morgan fingerprint density at radius 3 is 2.63 bits per heavy atom. The number of H-pyrrole nitrogens is 1. The van der Waals surface area contributed by atoms with E-state index < -0.39 is 11.7 Å². The number of benzene rings is 1. The molecule has 2 N–H and O–H groups in total. The van der Waals surface area contributed by atoms with Crippen LogP contribution < -0.4 is 10.1 Å². The average Bonchev–Trinajstić information content (AvgIpc) is 2.66. The van der Waals surface area contributed by atoms with Crippen LogP contribution >= 0.6 is 0 Å². The predicted octanol–water partition coefficient (Wildman–Crippen LogP) is 3.52. The summed E-state index contributed by atoms with van der Waals surface area (Å²) in [5.41, 5.74) is 0.408. The van der Waals surface area contributed by atoms with Crippen molar-refractivity contribution in [1.29, 1.82) is 0 Å². The van der Waals surface area contributed by atoms with Crippen molar-refractivity contribution in [3.05, 3.63) is 24.3 Å². The number of methoxy groups -OCH3 is 1. The fraction of sp³-hybridized carbons (Fsp3) is 0.357. The van der Waals surface area contributed by atoms with Crippen LogP contribution in [0, 0.1) is 0 Å². The molecule has 0 aliphatic carbocycles. The number of hydrogen-bond acceptors (Lipinski definition) is 3. The van der Waals surface area contributed by atoms with Gasteiger partial charge >= 0.3 is 6.09 Å². The third-order valence-electron chi connectivity index (χ3n) is 2.46. The number of amides is 1. The van der Waals surface area contributed by atoms with E-state index in [2.05, 4.69) is 10.3 Å². The molecule has 5 heteroatoms. The Balaban J connectivity index is 2.15. The number of anilines is 1. The zero-order valence-corrected chi connectivity index (χ0v) is 11.5. The fourth-order valence-corrected chi connectivity index (χ4v) is 1.72. The van der Waals surface area contributed by atoms with Gasteiger partial charge in [-0.2, -0.15) is 0 Å². The number of aromatic nitrogens is 1. The topological polar surface area (TPSA) is 63.3 Å². The van der Waals surface area contributed by atoms with Crippen LogP contribution in [-0.4, -0.2) is 23.8 Å². The lowest BCUT2D eigenvalue weighted by Crippen LogP contribution is -2.27. The molecule has 0 atom stereocenters. The molecule has 0 aliphatic rings. The summed E-state index contributed by atoms with van der Waals surface area (Å²) in [6.07, 6.45) is -0.481. The van der Waals surface area contributed by atoms with Crippen molar-refractivity contribution in [2.75, 3.05) is 12.4 Å². The van der Waals surface area contributed by atoms with Crippen LogP contribution in [0.25, 0.3) is 10.9 Å². The number of fused-ring (bicyclic) bond motifs is 1. The van der Waals surface area contributed by atoms with E-state index in [4.69, 9.17) is 9.47 Å². The Bertz CT molecular complexity index is 596. The summed E-state index contributed by atoms with van der Waals surface area (Å²) in [6.45, 7) is 5.47. The van der Waals surface area contributed by atoms with Gasteiger partial charge in [-0.15, -0.1) is 0 Å². The van der Waals surface area contributed by atoms with Gasteiger partial charge in [0.1, 0.15) is 17.2 Å². The lowest BCUT2D eigenvalue weighted by Gasteiger charge is -2.19. The molecule has 102 valence electrons. The molecule has 1 heterocycles. The number of carbonyl (C=O) groups is 1. The first-order valence-electron chi connectivity index (χ1n) is 6.04. The third-order valence-corrected chi connectivity index (χ3v) is 2.46. The molecule has 2 rings (SSSR count). The molecule has 1 amide bonds. The van der Waals surface area contributed by atoms with Gasteiger partial charge in [-0.1, -0.05) is 0 Å². The van der Waals surface area contributed by atoms with Gasteiger partial charge in [0.05, 0.1) is 7.11 Å². The van der Waals surface area contributed by atoms with Crippen LogP contribution in [0.15, 0.2) is 24.3 Å². The molecule has 0 radical (unpaired) electrons. The predicted molar refractivity (Wildman–Crippen MR) is 74.7 cm³/mol. The largest absolute Gasteiger partial charge is 0.497 e. The normalized spacial score (nSPS) is 11.4. The molecular formula is C14H18N2O3. The smallest absolute Gasteiger partial charge is 0.413 e. The summed E-state index contributed by atoms with van der Waals surface area (Å²) in [6, 6.07) is 7.48. The second-order valence-corrected chi connectivity index (χ2v) is 5.26.